The lowest BCUT2D eigenvalue weighted by atomic mass is 10.2. The van der Waals surface area contributed by atoms with E-state index in [4.69, 9.17) is 11.6 Å². The highest BCUT2D eigenvalue weighted by molar-refractivity contribution is 6.18. The minimum Gasteiger partial charge on any atom is -0.334 e. The monoisotopic (exact) mass is 237 g/mol. The van der Waals surface area contributed by atoms with Gasteiger partial charge in [-0.25, -0.2) is 4.98 Å². The topological polar surface area (TPSA) is 21.1 Å². The number of benzene rings is 1. The molecule has 0 amide bonds. The van der Waals surface area contributed by atoms with Crippen molar-refractivity contribution in [2.24, 2.45) is 7.05 Å². The summed E-state index contributed by atoms with van der Waals surface area (Å²) in [6.07, 6.45) is 1.84. The molecule has 4 heteroatoms. The highest BCUT2D eigenvalue weighted by atomic mass is 35.5. The maximum atomic E-state index is 5.70. The second kappa shape index (κ2) is 4.85. The van der Waals surface area contributed by atoms with Gasteiger partial charge < -0.3 is 9.47 Å². The van der Waals surface area contributed by atoms with Crippen molar-refractivity contribution in [3.05, 3.63) is 30.1 Å². The van der Waals surface area contributed by atoms with Crippen molar-refractivity contribution in [3.8, 4) is 0 Å². The van der Waals surface area contributed by atoms with Crippen molar-refractivity contribution < 1.29 is 0 Å². The molecule has 0 saturated carbocycles. The van der Waals surface area contributed by atoms with Gasteiger partial charge in [-0.05, 0) is 24.7 Å². The van der Waals surface area contributed by atoms with E-state index in [0.29, 0.717) is 5.88 Å². The Kier molecular flexibility index (Phi) is 3.46. The Labute approximate surface area is 101 Å². The minimum absolute atomic E-state index is 0.669. The maximum absolute atomic E-state index is 5.70. The lowest BCUT2D eigenvalue weighted by Crippen LogP contribution is -2.19. The Morgan fingerprint density at radius 2 is 2.25 bits per heavy atom. The molecule has 0 fully saturated rings. The zero-order chi connectivity index (χ0) is 11.5. The molecule has 86 valence electrons. The second-order valence-electron chi connectivity index (χ2n) is 4.11. The van der Waals surface area contributed by atoms with E-state index in [2.05, 4.69) is 35.1 Å². The fourth-order valence-electron chi connectivity index (χ4n) is 1.82. The molecule has 0 saturated heterocycles. The van der Waals surface area contributed by atoms with Crippen LogP contribution in [0.4, 0.5) is 0 Å². The summed E-state index contributed by atoms with van der Waals surface area (Å²) >= 11 is 5.70. The number of aryl methyl sites for hydroxylation is 1. The van der Waals surface area contributed by atoms with Crippen LogP contribution in [0.2, 0.25) is 0 Å². The number of nitrogens with zero attached hydrogens (tertiary/aromatic N) is 3. The van der Waals surface area contributed by atoms with Gasteiger partial charge in [-0.15, -0.1) is 11.6 Å². The van der Waals surface area contributed by atoms with Gasteiger partial charge >= 0.3 is 0 Å². The first-order valence-corrected chi connectivity index (χ1v) is 5.88. The average molecular weight is 238 g/mol. The van der Waals surface area contributed by atoms with Crippen molar-refractivity contribution >= 4 is 22.6 Å². The number of halogens is 1. The van der Waals surface area contributed by atoms with Crippen LogP contribution in [0.3, 0.4) is 0 Å². The van der Waals surface area contributed by atoms with Gasteiger partial charge in [-0.2, -0.15) is 0 Å². The van der Waals surface area contributed by atoms with Crippen LogP contribution >= 0.6 is 11.6 Å². The first kappa shape index (κ1) is 11.4. The van der Waals surface area contributed by atoms with Crippen LogP contribution in [0.15, 0.2) is 24.5 Å². The van der Waals surface area contributed by atoms with Crippen LogP contribution in [-0.2, 0) is 13.6 Å². The van der Waals surface area contributed by atoms with Crippen LogP contribution in [0.1, 0.15) is 5.56 Å². The minimum atomic E-state index is 0.669. The number of alkyl halides is 1. The van der Waals surface area contributed by atoms with Crippen molar-refractivity contribution in [1.29, 1.82) is 0 Å². The first-order chi connectivity index (χ1) is 7.70. The van der Waals surface area contributed by atoms with E-state index in [9.17, 15) is 0 Å². The lowest BCUT2D eigenvalue weighted by Gasteiger charge is -2.14. The Bertz CT molecular complexity index is 478. The number of imidazole rings is 1. The Morgan fingerprint density at radius 1 is 1.44 bits per heavy atom. The number of fused-ring (bicyclic) bond motifs is 1. The van der Waals surface area contributed by atoms with Gasteiger partial charge in [0, 0.05) is 26.0 Å². The molecule has 1 aromatic carbocycles. The van der Waals surface area contributed by atoms with Crippen molar-refractivity contribution in [1.82, 2.24) is 14.5 Å². The van der Waals surface area contributed by atoms with Crippen LogP contribution in [0.5, 0.6) is 0 Å². The van der Waals surface area contributed by atoms with Crippen LogP contribution in [0.25, 0.3) is 11.0 Å². The predicted octanol–water partition coefficient (Wildman–Crippen LogP) is 2.24. The number of aromatic nitrogens is 2. The number of rotatable bonds is 4. The van der Waals surface area contributed by atoms with Gasteiger partial charge in [0.05, 0.1) is 17.4 Å². The summed E-state index contributed by atoms with van der Waals surface area (Å²) in [5, 5.41) is 0. The first-order valence-electron chi connectivity index (χ1n) is 5.35. The molecule has 2 rings (SSSR count). The highest BCUT2D eigenvalue weighted by Crippen LogP contribution is 2.14. The fourth-order valence-corrected chi connectivity index (χ4v) is 2.10. The fraction of sp³-hybridized carbons (Fsp3) is 0.417. The zero-order valence-corrected chi connectivity index (χ0v) is 10.4. The molecule has 0 radical (unpaired) electrons. The molecule has 0 aliphatic carbocycles. The number of hydrogen-bond acceptors (Lipinski definition) is 2. The molecular weight excluding hydrogens is 222 g/mol. The molecule has 2 aromatic rings. The summed E-state index contributed by atoms with van der Waals surface area (Å²) in [4.78, 5) is 6.56. The van der Waals surface area contributed by atoms with E-state index in [1.807, 2.05) is 17.9 Å². The zero-order valence-electron chi connectivity index (χ0n) is 9.65. The van der Waals surface area contributed by atoms with Crippen LogP contribution in [-0.4, -0.2) is 33.9 Å². The molecule has 1 aromatic heterocycles. The molecule has 0 aliphatic rings. The van der Waals surface area contributed by atoms with Crippen LogP contribution < -0.4 is 0 Å². The Morgan fingerprint density at radius 3 is 3.00 bits per heavy atom. The molecule has 0 bridgehead atoms. The summed E-state index contributed by atoms with van der Waals surface area (Å²) in [5.41, 5.74) is 3.50. The summed E-state index contributed by atoms with van der Waals surface area (Å²) in [6.45, 7) is 1.82. The van der Waals surface area contributed by atoms with E-state index in [0.717, 1.165) is 18.6 Å². The van der Waals surface area contributed by atoms with Gasteiger partial charge in [0.1, 0.15) is 0 Å². The predicted molar refractivity (Wildman–Crippen MR) is 67.8 cm³/mol. The quantitative estimate of drug-likeness (QED) is 0.761. The third-order valence-electron chi connectivity index (χ3n) is 2.71. The molecule has 3 nitrogen and oxygen atoms in total. The van der Waals surface area contributed by atoms with E-state index in [-0.39, 0.29) is 0 Å². The van der Waals surface area contributed by atoms with E-state index in [1.54, 1.807) is 0 Å². The molecule has 0 atom stereocenters. The molecule has 0 unspecified atom stereocenters. The van der Waals surface area contributed by atoms with Gasteiger partial charge in [0.15, 0.2) is 0 Å². The van der Waals surface area contributed by atoms with Crippen LogP contribution in [0, 0.1) is 0 Å². The van der Waals surface area contributed by atoms with Crippen molar-refractivity contribution in [3.63, 3.8) is 0 Å². The Hall–Kier alpha value is -1.06. The SMILES string of the molecule is CN(CCCl)Cc1ccc2c(c1)ncn2C. The lowest BCUT2D eigenvalue weighted by molar-refractivity contribution is 0.348. The molecular formula is C12H16ClN3. The van der Waals surface area contributed by atoms with E-state index < -0.39 is 0 Å². The van der Waals surface area contributed by atoms with Gasteiger partial charge in [-0.1, -0.05) is 6.07 Å². The smallest absolute Gasteiger partial charge is 0.0955 e. The van der Waals surface area contributed by atoms with E-state index in [1.165, 1.54) is 11.1 Å². The molecule has 16 heavy (non-hydrogen) atoms. The normalized spacial score (nSPS) is 11.5. The summed E-state index contributed by atoms with van der Waals surface area (Å²) < 4.78 is 2.03. The summed E-state index contributed by atoms with van der Waals surface area (Å²) in [5.74, 6) is 0.669. The van der Waals surface area contributed by atoms with Gasteiger partial charge in [-0.3, -0.25) is 0 Å². The molecule has 0 spiro atoms. The van der Waals surface area contributed by atoms with Gasteiger partial charge in [0.25, 0.3) is 0 Å². The largest absolute Gasteiger partial charge is 0.334 e. The van der Waals surface area contributed by atoms with Crippen molar-refractivity contribution in [2.45, 2.75) is 6.54 Å². The average Bonchev–Trinajstić information content (AvgIpc) is 2.60. The third kappa shape index (κ3) is 2.36. The van der Waals surface area contributed by atoms with E-state index >= 15 is 0 Å². The van der Waals surface area contributed by atoms with Crippen molar-refractivity contribution in [2.75, 3.05) is 19.5 Å². The number of hydrogen-bond donors (Lipinski definition) is 0. The summed E-state index contributed by atoms with van der Waals surface area (Å²) in [6, 6.07) is 6.40. The summed E-state index contributed by atoms with van der Waals surface area (Å²) in [7, 11) is 4.08. The third-order valence-corrected chi connectivity index (χ3v) is 2.88. The second-order valence-corrected chi connectivity index (χ2v) is 4.48. The molecule has 0 aliphatic heterocycles. The standard InChI is InChI=1S/C12H16ClN3/c1-15(6-5-13)8-10-3-4-12-11(7-10)14-9-16(12)2/h3-4,7,9H,5-6,8H2,1-2H3. The van der Waals surface area contributed by atoms with Gasteiger partial charge in [0.2, 0.25) is 0 Å². The maximum Gasteiger partial charge on any atom is 0.0955 e. The molecule has 0 N–H and O–H groups in total. The molecule has 1 heterocycles. The Balaban J connectivity index is 2.19. The highest BCUT2D eigenvalue weighted by Gasteiger charge is 2.03.